The Kier molecular flexibility index (Phi) is 6.92. The number of benzene rings is 3. The number of fused-ring (bicyclic) bond motifs is 1. The largest absolute Gasteiger partial charge is 0.497 e. The van der Waals surface area contributed by atoms with Gasteiger partial charge >= 0.3 is 0 Å². The molecule has 6 nitrogen and oxygen atoms in total. The van der Waals surface area contributed by atoms with Crippen LogP contribution in [0.15, 0.2) is 88.9 Å². The average molecular weight is 523 g/mol. The minimum atomic E-state index is -0.00859. The first kappa shape index (κ1) is 24.4. The number of hydrogen-bond donors (Lipinski definition) is 1. The molecule has 2 aliphatic heterocycles. The van der Waals surface area contributed by atoms with E-state index in [1.807, 2.05) is 48.7 Å². The third-order valence-corrected chi connectivity index (χ3v) is 8.13. The zero-order valence-corrected chi connectivity index (χ0v) is 22.2. The predicted molar refractivity (Wildman–Crippen MR) is 157 cm³/mol. The van der Waals surface area contributed by atoms with Crippen LogP contribution in [0.3, 0.4) is 0 Å². The maximum absolute atomic E-state index is 13.6. The van der Waals surface area contributed by atoms with E-state index in [0.717, 1.165) is 42.0 Å². The van der Waals surface area contributed by atoms with E-state index in [9.17, 15) is 4.79 Å². The maximum atomic E-state index is 13.6. The summed E-state index contributed by atoms with van der Waals surface area (Å²) in [6.45, 7) is 2.78. The van der Waals surface area contributed by atoms with E-state index in [-0.39, 0.29) is 5.91 Å². The lowest BCUT2D eigenvalue weighted by Crippen LogP contribution is -2.31. The van der Waals surface area contributed by atoms with Gasteiger partial charge in [0.25, 0.3) is 5.91 Å². The van der Waals surface area contributed by atoms with Crippen LogP contribution in [0.1, 0.15) is 24.0 Å². The number of nitrogens with one attached hydrogen (secondary N) is 1. The van der Waals surface area contributed by atoms with Crippen LogP contribution < -0.4 is 9.64 Å². The SMILES string of the molecule is COc1ccc(N=C2S/C(=C\c3ccc(N4CCCC4)cc3)C(=O)N2CCc2c[nH]c3ccccc23)cc1. The molecule has 6 rings (SSSR count). The van der Waals surface area contributed by atoms with Gasteiger partial charge in [0.2, 0.25) is 0 Å². The summed E-state index contributed by atoms with van der Waals surface area (Å²) in [6.07, 6.45) is 7.26. The first-order valence-electron chi connectivity index (χ1n) is 13.0. The first-order chi connectivity index (χ1) is 18.7. The highest BCUT2D eigenvalue weighted by Gasteiger charge is 2.33. The molecule has 0 radical (unpaired) electrons. The van der Waals surface area contributed by atoms with Gasteiger partial charge in [-0.05, 0) is 90.7 Å². The number of anilines is 1. The summed E-state index contributed by atoms with van der Waals surface area (Å²) in [7, 11) is 1.65. The van der Waals surface area contributed by atoms with Crippen LogP contribution in [-0.2, 0) is 11.2 Å². The molecule has 0 bridgehead atoms. The van der Waals surface area contributed by atoms with Gasteiger partial charge in [-0.2, -0.15) is 0 Å². The van der Waals surface area contributed by atoms with Gasteiger partial charge in [0.05, 0.1) is 17.7 Å². The van der Waals surface area contributed by atoms with Crippen LogP contribution in [0.5, 0.6) is 5.75 Å². The van der Waals surface area contributed by atoms with E-state index in [4.69, 9.17) is 9.73 Å². The molecule has 1 N–H and O–H groups in total. The van der Waals surface area contributed by atoms with Crippen molar-refractivity contribution < 1.29 is 9.53 Å². The highest BCUT2D eigenvalue weighted by atomic mass is 32.2. The number of thioether (sulfide) groups is 1. The van der Waals surface area contributed by atoms with Crippen molar-refractivity contribution >= 4 is 51.2 Å². The summed E-state index contributed by atoms with van der Waals surface area (Å²) >= 11 is 1.43. The van der Waals surface area contributed by atoms with Crippen LogP contribution in [-0.4, -0.2) is 47.7 Å². The number of para-hydroxylation sites is 1. The third-order valence-electron chi connectivity index (χ3n) is 7.13. The topological polar surface area (TPSA) is 60.9 Å². The smallest absolute Gasteiger partial charge is 0.266 e. The van der Waals surface area contributed by atoms with E-state index < -0.39 is 0 Å². The van der Waals surface area contributed by atoms with Gasteiger partial charge in [-0.15, -0.1) is 0 Å². The summed E-state index contributed by atoms with van der Waals surface area (Å²) in [5.74, 6) is 0.768. The quantitative estimate of drug-likeness (QED) is 0.277. The second-order valence-corrected chi connectivity index (χ2v) is 10.6. The third kappa shape index (κ3) is 5.07. The van der Waals surface area contributed by atoms with Gasteiger partial charge in [0.15, 0.2) is 5.17 Å². The Bertz CT molecular complexity index is 1500. The zero-order valence-electron chi connectivity index (χ0n) is 21.4. The van der Waals surface area contributed by atoms with Crippen molar-refractivity contribution in [1.29, 1.82) is 0 Å². The minimum absolute atomic E-state index is 0.00859. The summed E-state index contributed by atoms with van der Waals surface area (Å²) < 4.78 is 5.28. The molecule has 1 amide bonds. The maximum Gasteiger partial charge on any atom is 0.266 e. The van der Waals surface area contributed by atoms with Gasteiger partial charge in [-0.3, -0.25) is 9.69 Å². The van der Waals surface area contributed by atoms with Crippen molar-refractivity contribution in [3.05, 3.63) is 95.0 Å². The minimum Gasteiger partial charge on any atom is -0.497 e. The lowest BCUT2D eigenvalue weighted by Gasteiger charge is -2.17. The van der Waals surface area contributed by atoms with E-state index in [2.05, 4.69) is 46.3 Å². The molecule has 0 aliphatic carbocycles. The Hall–Kier alpha value is -3.97. The molecule has 38 heavy (non-hydrogen) atoms. The van der Waals surface area contributed by atoms with Crippen LogP contribution >= 0.6 is 11.8 Å². The molecule has 4 aromatic rings. The normalized spacial score (nSPS) is 17.9. The van der Waals surface area contributed by atoms with Crippen molar-refractivity contribution in [3.8, 4) is 5.75 Å². The van der Waals surface area contributed by atoms with Gasteiger partial charge in [-0.1, -0.05) is 30.3 Å². The van der Waals surface area contributed by atoms with Crippen molar-refractivity contribution in [2.75, 3.05) is 31.6 Å². The number of nitrogens with zero attached hydrogens (tertiary/aromatic N) is 3. The second-order valence-electron chi connectivity index (χ2n) is 9.56. The Morgan fingerprint density at radius 1 is 1.00 bits per heavy atom. The number of rotatable bonds is 7. The lowest BCUT2D eigenvalue weighted by atomic mass is 10.1. The molecular weight excluding hydrogens is 492 g/mol. The number of aliphatic imine (C=N–C) groups is 1. The zero-order chi connectivity index (χ0) is 25.9. The van der Waals surface area contributed by atoms with E-state index in [1.54, 1.807) is 12.0 Å². The fraction of sp³-hybridized carbons (Fsp3) is 0.226. The molecule has 3 heterocycles. The Labute approximate surface area is 227 Å². The monoisotopic (exact) mass is 522 g/mol. The number of aromatic nitrogens is 1. The molecule has 0 saturated carbocycles. The predicted octanol–water partition coefficient (Wildman–Crippen LogP) is 6.62. The Morgan fingerprint density at radius 2 is 1.76 bits per heavy atom. The fourth-order valence-electron chi connectivity index (χ4n) is 5.03. The second kappa shape index (κ2) is 10.8. The summed E-state index contributed by atoms with van der Waals surface area (Å²) in [5, 5.41) is 1.88. The molecular formula is C31H30N4O2S. The Balaban J connectivity index is 1.27. The number of methoxy groups -OCH3 is 1. The molecule has 2 saturated heterocycles. The highest BCUT2D eigenvalue weighted by molar-refractivity contribution is 8.18. The molecule has 2 fully saturated rings. The number of aromatic amines is 1. The number of hydrogen-bond acceptors (Lipinski definition) is 5. The van der Waals surface area contributed by atoms with Crippen LogP contribution in [0.2, 0.25) is 0 Å². The first-order valence-corrected chi connectivity index (χ1v) is 13.8. The van der Waals surface area contributed by atoms with Crippen LogP contribution in [0.4, 0.5) is 11.4 Å². The number of H-pyrrole nitrogens is 1. The summed E-state index contributed by atoms with van der Waals surface area (Å²) in [5.41, 5.74) is 5.35. The van der Waals surface area contributed by atoms with Crippen molar-refractivity contribution in [3.63, 3.8) is 0 Å². The van der Waals surface area contributed by atoms with E-state index >= 15 is 0 Å². The number of ether oxygens (including phenoxy) is 1. The number of carbonyl (C=O) groups is 1. The van der Waals surface area contributed by atoms with Gasteiger partial charge in [0, 0.05) is 42.4 Å². The molecule has 3 aromatic carbocycles. The van der Waals surface area contributed by atoms with Crippen molar-refractivity contribution in [2.24, 2.45) is 4.99 Å². The van der Waals surface area contributed by atoms with Crippen LogP contribution in [0.25, 0.3) is 17.0 Å². The van der Waals surface area contributed by atoms with Gasteiger partial charge in [0.1, 0.15) is 5.75 Å². The average Bonchev–Trinajstić information content (AvgIpc) is 3.69. The Morgan fingerprint density at radius 3 is 2.53 bits per heavy atom. The standard InChI is InChI=1S/C31H30N4O2S/c1-37-26-14-10-24(11-15-26)33-31-35(19-16-23-21-32-28-7-3-2-6-27(23)28)30(36)29(38-31)20-22-8-12-25(13-9-22)34-17-4-5-18-34/h2-3,6-15,20-21,32H,4-5,16-19H2,1H3/b29-20-,33-31?. The molecule has 2 aliphatic rings. The number of carbonyl (C=O) groups excluding carboxylic acids is 1. The molecule has 0 unspecified atom stereocenters. The van der Waals surface area contributed by atoms with Crippen LogP contribution in [0, 0.1) is 0 Å². The molecule has 7 heteroatoms. The molecule has 0 spiro atoms. The van der Waals surface area contributed by atoms with E-state index in [0.29, 0.717) is 16.6 Å². The lowest BCUT2D eigenvalue weighted by molar-refractivity contribution is -0.122. The van der Waals surface area contributed by atoms with Crippen molar-refractivity contribution in [1.82, 2.24) is 9.88 Å². The molecule has 192 valence electrons. The van der Waals surface area contributed by atoms with Gasteiger partial charge < -0.3 is 14.6 Å². The highest BCUT2D eigenvalue weighted by Crippen LogP contribution is 2.35. The molecule has 1 aromatic heterocycles. The fourth-order valence-corrected chi connectivity index (χ4v) is 6.06. The van der Waals surface area contributed by atoms with Gasteiger partial charge in [-0.25, -0.2) is 4.99 Å². The summed E-state index contributed by atoms with van der Waals surface area (Å²) in [6, 6.07) is 24.4. The van der Waals surface area contributed by atoms with Crippen molar-refractivity contribution in [2.45, 2.75) is 19.3 Å². The number of amidine groups is 1. The number of amides is 1. The molecule has 0 atom stereocenters. The summed E-state index contributed by atoms with van der Waals surface area (Å²) in [4.78, 5) is 26.7. The van der Waals surface area contributed by atoms with E-state index in [1.165, 1.54) is 41.2 Å².